The number of halogens is 1. The number of anilines is 1. The first-order valence-corrected chi connectivity index (χ1v) is 9.44. The Morgan fingerprint density at radius 2 is 1.81 bits per heavy atom. The summed E-state index contributed by atoms with van der Waals surface area (Å²) in [4.78, 5) is 4.80. The van der Waals surface area contributed by atoms with Gasteiger partial charge in [0.2, 0.25) is 5.95 Å². The maximum absolute atomic E-state index is 13.7. The molecule has 0 amide bonds. The first-order valence-electron chi connectivity index (χ1n) is 9.44. The quantitative estimate of drug-likeness (QED) is 0.643. The molecule has 134 valence electrons. The summed E-state index contributed by atoms with van der Waals surface area (Å²) >= 11 is 0. The molecule has 3 nitrogen and oxygen atoms in total. The lowest BCUT2D eigenvalue weighted by Gasteiger charge is -2.22. The van der Waals surface area contributed by atoms with Crippen LogP contribution in [0.25, 0.3) is 16.9 Å². The van der Waals surface area contributed by atoms with Gasteiger partial charge < -0.3 is 5.32 Å². The normalized spacial score (nSPS) is 15.1. The number of benzene rings is 2. The molecular weight excluding hydrogens is 325 g/mol. The first kappa shape index (κ1) is 16.8. The Kier molecular flexibility index (Phi) is 5.00. The molecule has 1 aliphatic rings. The van der Waals surface area contributed by atoms with E-state index >= 15 is 0 Å². The van der Waals surface area contributed by atoms with Gasteiger partial charge in [-0.05, 0) is 37.0 Å². The van der Waals surface area contributed by atoms with Crippen molar-refractivity contribution < 1.29 is 4.39 Å². The predicted molar refractivity (Wildman–Crippen MR) is 104 cm³/mol. The van der Waals surface area contributed by atoms with Crippen LogP contribution in [0.15, 0.2) is 60.8 Å². The molecule has 26 heavy (non-hydrogen) atoms. The molecule has 0 unspecified atom stereocenters. The average molecular weight is 349 g/mol. The number of imidazole rings is 1. The maximum atomic E-state index is 13.7. The number of rotatable bonds is 5. The molecule has 1 heterocycles. The van der Waals surface area contributed by atoms with Crippen LogP contribution in [0.3, 0.4) is 0 Å². The summed E-state index contributed by atoms with van der Waals surface area (Å²) < 4.78 is 15.7. The Balaban J connectivity index is 1.64. The van der Waals surface area contributed by atoms with Crippen molar-refractivity contribution in [3.8, 4) is 16.9 Å². The van der Waals surface area contributed by atoms with Crippen LogP contribution in [0, 0.1) is 11.7 Å². The smallest absolute Gasteiger partial charge is 0.208 e. The second-order valence-corrected chi connectivity index (χ2v) is 7.05. The standard InChI is InChI=1S/C22H24FN3/c23-19-12-7-13-20(14-19)26-16-21(18-10-5-2-6-11-18)25-22(26)24-15-17-8-3-1-4-9-17/h2,5-7,10-14,16-17H,1,3-4,8-9,15H2,(H,24,25). The van der Waals surface area contributed by atoms with E-state index in [1.54, 1.807) is 12.1 Å². The number of nitrogens with zero attached hydrogens (tertiary/aromatic N) is 2. The molecule has 0 spiro atoms. The zero-order chi connectivity index (χ0) is 17.8. The molecule has 3 aromatic rings. The largest absolute Gasteiger partial charge is 0.355 e. The molecule has 4 heteroatoms. The summed E-state index contributed by atoms with van der Waals surface area (Å²) in [6.45, 7) is 0.917. The molecule has 0 aliphatic heterocycles. The summed E-state index contributed by atoms with van der Waals surface area (Å²) in [6.07, 6.45) is 8.53. The van der Waals surface area contributed by atoms with E-state index in [9.17, 15) is 4.39 Å². The van der Waals surface area contributed by atoms with Crippen LogP contribution in [0.4, 0.5) is 10.3 Å². The fraction of sp³-hybridized carbons (Fsp3) is 0.318. The second-order valence-electron chi connectivity index (χ2n) is 7.05. The highest BCUT2D eigenvalue weighted by atomic mass is 19.1. The second kappa shape index (κ2) is 7.73. The van der Waals surface area contributed by atoms with Crippen molar-refractivity contribution in [2.24, 2.45) is 5.92 Å². The van der Waals surface area contributed by atoms with Crippen molar-refractivity contribution in [1.82, 2.24) is 9.55 Å². The van der Waals surface area contributed by atoms with Gasteiger partial charge in [0.1, 0.15) is 5.82 Å². The van der Waals surface area contributed by atoms with Gasteiger partial charge in [-0.15, -0.1) is 0 Å². The lowest BCUT2D eigenvalue weighted by atomic mass is 9.89. The summed E-state index contributed by atoms with van der Waals surface area (Å²) in [5.41, 5.74) is 2.73. The molecule has 2 aromatic carbocycles. The van der Waals surface area contributed by atoms with Gasteiger partial charge in [0, 0.05) is 18.3 Å². The van der Waals surface area contributed by atoms with Crippen LogP contribution in [0.2, 0.25) is 0 Å². The molecule has 1 N–H and O–H groups in total. The van der Waals surface area contributed by atoms with Crippen molar-refractivity contribution in [3.63, 3.8) is 0 Å². The van der Waals surface area contributed by atoms with Crippen molar-refractivity contribution >= 4 is 5.95 Å². The predicted octanol–water partition coefficient (Wildman–Crippen LogP) is 5.67. The van der Waals surface area contributed by atoms with Crippen LogP contribution in [0.1, 0.15) is 32.1 Å². The molecule has 0 atom stereocenters. The molecule has 0 saturated heterocycles. The molecular formula is C22H24FN3. The lowest BCUT2D eigenvalue weighted by molar-refractivity contribution is 0.373. The summed E-state index contributed by atoms with van der Waals surface area (Å²) in [7, 11) is 0. The fourth-order valence-corrected chi connectivity index (χ4v) is 3.70. The Morgan fingerprint density at radius 3 is 2.58 bits per heavy atom. The molecule has 1 aromatic heterocycles. The van der Waals surface area contributed by atoms with Crippen molar-refractivity contribution in [1.29, 1.82) is 0 Å². The van der Waals surface area contributed by atoms with E-state index in [-0.39, 0.29) is 5.82 Å². The maximum Gasteiger partial charge on any atom is 0.208 e. The van der Waals surface area contributed by atoms with Gasteiger partial charge in [-0.3, -0.25) is 4.57 Å². The van der Waals surface area contributed by atoms with Gasteiger partial charge >= 0.3 is 0 Å². The minimum atomic E-state index is -0.240. The highest BCUT2D eigenvalue weighted by molar-refractivity contribution is 5.62. The van der Waals surface area contributed by atoms with Crippen LogP contribution in [0.5, 0.6) is 0 Å². The number of hydrogen-bond acceptors (Lipinski definition) is 2. The molecule has 1 aliphatic carbocycles. The van der Waals surface area contributed by atoms with Crippen LogP contribution in [-0.4, -0.2) is 16.1 Å². The summed E-state index contributed by atoms with van der Waals surface area (Å²) in [5.74, 6) is 1.23. The first-order chi connectivity index (χ1) is 12.8. The Hall–Kier alpha value is -2.62. The summed E-state index contributed by atoms with van der Waals surface area (Å²) in [6, 6.07) is 16.7. The van der Waals surface area contributed by atoms with Gasteiger partial charge in [0.25, 0.3) is 0 Å². The van der Waals surface area contributed by atoms with E-state index in [2.05, 4.69) is 5.32 Å². The molecule has 4 rings (SSSR count). The van der Waals surface area contributed by atoms with E-state index in [4.69, 9.17) is 4.98 Å². The zero-order valence-electron chi connectivity index (χ0n) is 14.9. The zero-order valence-corrected chi connectivity index (χ0v) is 14.9. The molecule has 1 saturated carbocycles. The fourth-order valence-electron chi connectivity index (χ4n) is 3.70. The van der Waals surface area contributed by atoms with Crippen LogP contribution in [-0.2, 0) is 0 Å². The number of nitrogens with one attached hydrogen (secondary N) is 1. The third-order valence-electron chi connectivity index (χ3n) is 5.14. The third-order valence-corrected chi connectivity index (χ3v) is 5.14. The SMILES string of the molecule is Fc1cccc(-n2cc(-c3ccccc3)nc2NCC2CCCCC2)c1. The van der Waals surface area contributed by atoms with E-state index < -0.39 is 0 Å². The molecule has 0 bridgehead atoms. The van der Waals surface area contributed by atoms with Gasteiger partial charge in [-0.2, -0.15) is 0 Å². The molecule has 0 radical (unpaired) electrons. The Bertz CT molecular complexity index is 851. The van der Waals surface area contributed by atoms with Crippen molar-refractivity contribution in [3.05, 3.63) is 66.6 Å². The lowest BCUT2D eigenvalue weighted by Crippen LogP contribution is -2.18. The highest BCUT2D eigenvalue weighted by Crippen LogP contribution is 2.27. The molecule has 1 fully saturated rings. The van der Waals surface area contributed by atoms with Crippen LogP contribution < -0.4 is 5.32 Å². The van der Waals surface area contributed by atoms with Gasteiger partial charge in [-0.25, -0.2) is 9.37 Å². The monoisotopic (exact) mass is 349 g/mol. The van der Waals surface area contributed by atoms with E-state index in [0.717, 1.165) is 29.4 Å². The van der Waals surface area contributed by atoms with Crippen molar-refractivity contribution in [2.75, 3.05) is 11.9 Å². The van der Waals surface area contributed by atoms with E-state index in [1.807, 2.05) is 47.2 Å². The van der Waals surface area contributed by atoms with Gasteiger partial charge in [0.05, 0.1) is 11.4 Å². The number of aromatic nitrogens is 2. The van der Waals surface area contributed by atoms with Gasteiger partial charge in [0.15, 0.2) is 0 Å². The topological polar surface area (TPSA) is 29.9 Å². The Labute approximate surface area is 153 Å². The summed E-state index contributed by atoms with van der Waals surface area (Å²) in [5, 5.41) is 3.52. The van der Waals surface area contributed by atoms with Crippen LogP contribution >= 0.6 is 0 Å². The average Bonchev–Trinajstić information content (AvgIpc) is 3.12. The highest BCUT2D eigenvalue weighted by Gasteiger charge is 2.16. The van der Waals surface area contributed by atoms with E-state index in [1.165, 1.54) is 38.2 Å². The minimum absolute atomic E-state index is 0.240. The number of hydrogen-bond donors (Lipinski definition) is 1. The van der Waals surface area contributed by atoms with Gasteiger partial charge in [-0.1, -0.05) is 55.7 Å². The van der Waals surface area contributed by atoms with E-state index in [0.29, 0.717) is 5.92 Å². The third kappa shape index (κ3) is 3.79. The van der Waals surface area contributed by atoms with Crippen molar-refractivity contribution in [2.45, 2.75) is 32.1 Å². The minimum Gasteiger partial charge on any atom is -0.355 e. The Morgan fingerprint density at radius 1 is 1.00 bits per heavy atom.